The summed E-state index contributed by atoms with van der Waals surface area (Å²) in [6.07, 6.45) is 3.67. The van der Waals surface area contributed by atoms with E-state index in [0.29, 0.717) is 29.7 Å². The Kier molecular flexibility index (Phi) is 4.97. The van der Waals surface area contributed by atoms with Gasteiger partial charge in [0, 0.05) is 24.0 Å². The lowest BCUT2D eigenvalue weighted by Crippen LogP contribution is -2.16. The fraction of sp³-hybridized carbons (Fsp3) is 0.143. The second-order valence-corrected chi connectivity index (χ2v) is 6.33. The fourth-order valence-electron chi connectivity index (χ4n) is 2.81. The molecule has 3 aromatic heterocycles. The Bertz CT molecular complexity index is 1070. The standard InChI is InChI=1S/C21H19N5O2/c1-15-18(23-21(28-15)16-7-3-2-4-8-16)13-20(27)24-19-10-12-26(25-19)14-17-9-5-6-11-22-17/h2-12H,13-14H2,1H3,(H,24,25,27). The van der Waals surface area contributed by atoms with E-state index in [4.69, 9.17) is 4.42 Å². The minimum Gasteiger partial charge on any atom is -0.441 e. The number of nitrogens with one attached hydrogen (secondary N) is 1. The number of aromatic nitrogens is 4. The van der Waals surface area contributed by atoms with Crippen LogP contribution in [0.15, 0.2) is 71.4 Å². The average molecular weight is 373 g/mol. The Morgan fingerprint density at radius 1 is 1.11 bits per heavy atom. The molecule has 4 aromatic rings. The molecule has 7 nitrogen and oxygen atoms in total. The van der Waals surface area contributed by atoms with Gasteiger partial charge in [0.1, 0.15) is 5.76 Å². The van der Waals surface area contributed by atoms with Crippen LogP contribution in [0.25, 0.3) is 11.5 Å². The molecule has 0 aliphatic heterocycles. The van der Waals surface area contributed by atoms with Crippen LogP contribution in [0.3, 0.4) is 0 Å². The third-order valence-corrected chi connectivity index (χ3v) is 4.20. The molecule has 0 saturated heterocycles. The van der Waals surface area contributed by atoms with Gasteiger partial charge in [-0.25, -0.2) is 4.98 Å². The molecule has 1 aromatic carbocycles. The first-order valence-corrected chi connectivity index (χ1v) is 8.92. The number of benzene rings is 1. The van der Waals surface area contributed by atoms with Crippen LogP contribution >= 0.6 is 0 Å². The Hall–Kier alpha value is -3.74. The predicted molar refractivity (Wildman–Crippen MR) is 105 cm³/mol. The number of hydrogen-bond acceptors (Lipinski definition) is 5. The number of carbonyl (C=O) groups is 1. The molecule has 0 radical (unpaired) electrons. The van der Waals surface area contributed by atoms with E-state index in [0.717, 1.165) is 11.3 Å². The highest BCUT2D eigenvalue weighted by molar-refractivity contribution is 5.91. The minimum atomic E-state index is -0.195. The van der Waals surface area contributed by atoms with Crippen LogP contribution in [0, 0.1) is 6.92 Å². The molecule has 0 bridgehead atoms. The van der Waals surface area contributed by atoms with Crippen molar-refractivity contribution in [2.75, 3.05) is 5.32 Å². The van der Waals surface area contributed by atoms with E-state index in [2.05, 4.69) is 20.4 Å². The molecule has 3 heterocycles. The maximum Gasteiger partial charge on any atom is 0.231 e. The van der Waals surface area contributed by atoms with Gasteiger partial charge in [-0.1, -0.05) is 24.3 Å². The van der Waals surface area contributed by atoms with Crippen LogP contribution < -0.4 is 5.32 Å². The van der Waals surface area contributed by atoms with Gasteiger partial charge < -0.3 is 9.73 Å². The van der Waals surface area contributed by atoms with Crippen molar-refractivity contribution < 1.29 is 9.21 Å². The molecule has 0 saturated carbocycles. The molecule has 0 spiro atoms. The summed E-state index contributed by atoms with van der Waals surface area (Å²) in [5, 5.41) is 7.16. The third-order valence-electron chi connectivity index (χ3n) is 4.20. The van der Waals surface area contributed by atoms with Gasteiger partial charge in [0.25, 0.3) is 0 Å². The van der Waals surface area contributed by atoms with Gasteiger partial charge in [0.05, 0.1) is 24.4 Å². The molecule has 0 unspecified atom stereocenters. The maximum absolute atomic E-state index is 12.4. The smallest absolute Gasteiger partial charge is 0.231 e. The molecular weight excluding hydrogens is 354 g/mol. The number of pyridine rings is 1. The Balaban J connectivity index is 1.39. The summed E-state index contributed by atoms with van der Waals surface area (Å²) < 4.78 is 7.43. The Morgan fingerprint density at radius 2 is 1.93 bits per heavy atom. The summed E-state index contributed by atoms with van der Waals surface area (Å²) >= 11 is 0. The van der Waals surface area contributed by atoms with Crippen molar-refractivity contribution in [3.63, 3.8) is 0 Å². The maximum atomic E-state index is 12.4. The highest BCUT2D eigenvalue weighted by atomic mass is 16.4. The zero-order valence-corrected chi connectivity index (χ0v) is 15.4. The van der Waals surface area contributed by atoms with Crippen molar-refractivity contribution in [2.24, 2.45) is 0 Å². The zero-order chi connectivity index (χ0) is 19.3. The molecule has 0 aliphatic rings. The first-order chi connectivity index (χ1) is 13.7. The van der Waals surface area contributed by atoms with E-state index >= 15 is 0 Å². The highest BCUT2D eigenvalue weighted by Gasteiger charge is 2.15. The summed E-state index contributed by atoms with van der Waals surface area (Å²) in [6.45, 7) is 2.35. The largest absolute Gasteiger partial charge is 0.441 e. The third kappa shape index (κ3) is 4.15. The normalized spacial score (nSPS) is 10.8. The second kappa shape index (κ2) is 7.87. The summed E-state index contributed by atoms with van der Waals surface area (Å²) in [7, 11) is 0. The molecule has 0 fully saturated rings. The van der Waals surface area contributed by atoms with Crippen LogP contribution in [-0.2, 0) is 17.8 Å². The van der Waals surface area contributed by atoms with Gasteiger partial charge in [-0.15, -0.1) is 0 Å². The molecule has 28 heavy (non-hydrogen) atoms. The van der Waals surface area contributed by atoms with Crippen LogP contribution in [0.5, 0.6) is 0 Å². The van der Waals surface area contributed by atoms with Gasteiger partial charge >= 0.3 is 0 Å². The average Bonchev–Trinajstić information content (AvgIpc) is 3.30. The summed E-state index contributed by atoms with van der Waals surface area (Å²) in [5.41, 5.74) is 2.39. The highest BCUT2D eigenvalue weighted by Crippen LogP contribution is 2.21. The van der Waals surface area contributed by atoms with Gasteiger partial charge in [0.15, 0.2) is 5.82 Å². The number of amides is 1. The van der Waals surface area contributed by atoms with E-state index in [-0.39, 0.29) is 12.3 Å². The quantitative estimate of drug-likeness (QED) is 0.559. The van der Waals surface area contributed by atoms with Gasteiger partial charge in [0.2, 0.25) is 11.8 Å². The van der Waals surface area contributed by atoms with Crippen LogP contribution in [0.4, 0.5) is 5.82 Å². The van der Waals surface area contributed by atoms with Crippen LogP contribution in [0.2, 0.25) is 0 Å². The topological polar surface area (TPSA) is 85.8 Å². The van der Waals surface area contributed by atoms with Crippen molar-refractivity contribution in [1.29, 1.82) is 0 Å². The van der Waals surface area contributed by atoms with E-state index in [9.17, 15) is 4.79 Å². The first kappa shape index (κ1) is 17.7. The number of nitrogens with zero attached hydrogens (tertiary/aromatic N) is 4. The minimum absolute atomic E-state index is 0.120. The van der Waals surface area contributed by atoms with Crippen LogP contribution in [0.1, 0.15) is 17.1 Å². The number of aryl methyl sites for hydroxylation is 1. The zero-order valence-electron chi connectivity index (χ0n) is 15.4. The molecule has 140 valence electrons. The van der Waals surface area contributed by atoms with Crippen molar-refractivity contribution in [1.82, 2.24) is 19.7 Å². The lowest BCUT2D eigenvalue weighted by molar-refractivity contribution is -0.115. The van der Waals surface area contributed by atoms with E-state index in [1.165, 1.54) is 0 Å². The summed E-state index contributed by atoms with van der Waals surface area (Å²) in [5.74, 6) is 1.44. The molecule has 0 aliphatic carbocycles. The second-order valence-electron chi connectivity index (χ2n) is 6.33. The van der Waals surface area contributed by atoms with Crippen molar-refractivity contribution in [2.45, 2.75) is 19.9 Å². The van der Waals surface area contributed by atoms with Crippen molar-refractivity contribution in [3.05, 3.63) is 84.1 Å². The van der Waals surface area contributed by atoms with E-state index in [1.54, 1.807) is 23.1 Å². The SMILES string of the molecule is Cc1oc(-c2ccccc2)nc1CC(=O)Nc1ccn(Cc2ccccn2)n1. The van der Waals surface area contributed by atoms with Crippen LogP contribution in [-0.4, -0.2) is 25.7 Å². The van der Waals surface area contributed by atoms with Crippen molar-refractivity contribution >= 4 is 11.7 Å². The molecule has 1 amide bonds. The van der Waals surface area contributed by atoms with E-state index in [1.807, 2.05) is 55.5 Å². The molecule has 0 atom stereocenters. The van der Waals surface area contributed by atoms with Crippen molar-refractivity contribution in [3.8, 4) is 11.5 Å². The fourth-order valence-corrected chi connectivity index (χ4v) is 2.81. The Morgan fingerprint density at radius 3 is 2.71 bits per heavy atom. The Labute approximate surface area is 162 Å². The van der Waals surface area contributed by atoms with Gasteiger partial charge in [-0.2, -0.15) is 5.10 Å². The number of anilines is 1. The predicted octanol–water partition coefficient (Wildman–Crippen LogP) is 3.47. The van der Waals surface area contributed by atoms with Gasteiger partial charge in [-0.3, -0.25) is 14.5 Å². The number of hydrogen-bond donors (Lipinski definition) is 1. The summed E-state index contributed by atoms with van der Waals surface area (Å²) in [4.78, 5) is 21.1. The molecule has 4 rings (SSSR count). The lowest BCUT2D eigenvalue weighted by atomic mass is 10.2. The molecular formula is C21H19N5O2. The van der Waals surface area contributed by atoms with Gasteiger partial charge in [-0.05, 0) is 31.2 Å². The summed E-state index contributed by atoms with van der Waals surface area (Å²) in [6, 6.07) is 17.1. The number of rotatable bonds is 6. The molecule has 1 N–H and O–H groups in total. The van der Waals surface area contributed by atoms with E-state index < -0.39 is 0 Å². The lowest BCUT2D eigenvalue weighted by Gasteiger charge is -2.02. The first-order valence-electron chi connectivity index (χ1n) is 8.92. The number of oxazole rings is 1. The number of carbonyl (C=O) groups excluding carboxylic acids is 1. The monoisotopic (exact) mass is 373 g/mol. The molecule has 7 heteroatoms.